The molecule has 0 bridgehead atoms. The number of halogens is 13. The van der Waals surface area contributed by atoms with Crippen LogP contribution in [0.15, 0.2) is 86.2 Å². The summed E-state index contributed by atoms with van der Waals surface area (Å²) in [4.78, 5) is 43.5. The molecule has 59 heavy (non-hydrogen) atoms. The zero-order chi connectivity index (χ0) is 43.6. The van der Waals surface area contributed by atoms with Crippen molar-refractivity contribution < 1.29 is 71.7 Å². The first kappa shape index (κ1) is 45.0. The minimum atomic E-state index is -4.98. The molecular formula is C32H19ClF12N10O4. The smallest absolute Gasteiger partial charge is 0.434 e. The molecule has 6 aromatic rings. The number of rotatable bonds is 9. The molecule has 0 radical (unpaired) electrons. The summed E-state index contributed by atoms with van der Waals surface area (Å²) in [5.41, 5.74) is -6.84. The summed E-state index contributed by atoms with van der Waals surface area (Å²) < 4.78 is 165. The number of alkyl halides is 13. The lowest BCUT2D eigenvalue weighted by Crippen LogP contribution is -2.19. The fourth-order valence-electron chi connectivity index (χ4n) is 4.12. The van der Waals surface area contributed by atoms with Crippen molar-refractivity contribution in [1.29, 1.82) is 0 Å². The molecule has 1 N–H and O–H groups in total. The van der Waals surface area contributed by atoms with Crippen molar-refractivity contribution >= 4 is 23.2 Å². The van der Waals surface area contributed by atoms with Crippen molar-refractivity contribution in [2.75, 3.05) is 5.88 Å². The monoisotopic (exact) mass is 870 g/mol. The van der Waals surface area contributed by atoms with Crippen LogP contribution < -0.4 is 9.47 Å². The molecule has 0 atom stereocenters. The van der Waals surface area contributed by atoms with E-state index in [2.05, 4.69) is 45.2 Å². The summed E-state index contributed by atoms with van der Waals surface area (Å²) in [5, 5.41) is 9.63. The molecule has 0 fully saturated rings. The molecule has 0 aliphatic carbocycles. The van der Waals surface area contributed by atoms with Crippen LogP contribution in [-0.4, -0.2) is 67.3 Å². The molecule has 0 spiro atoms. The Hall–Kier alpha value is -6.73. The number of nitrogens with zero attached hydrogens (tertiary/aromatic N) is 9. The Balaban J connectivity index is 0.000000234. The van der Waals surface area contributed by atoms with Crippen LogP contribution in [0, 0.1) is 0 Å². The minimum Gasteiger partial charge on any atom is -0.437 e. The molecular weight excluding hydrogens is 852 g/mol. The first-order valence-corrected chi connectivity index (χ1v) is 15.9. The van der Waals surface area contributed by atoms with Gasteiger partial charge in [-0.2, -0.15) is 62.9 Å². The van der Waals surface area contributed by atoms with Crippen molar-refractivity contribution in [2.45, 2.75) is 31.2 Å². The van der Waals surface area contributed by atoms with Crippen LogP contribution >= 0.6 is 11.6 Å². The van der Waals surface area contributed by atoms with Crippen LogP contribution in [0.2, 0.25) is 0 Å². The highest BCUT2D eigenvalue weighted by molar-refractivity contribution is 6.30. The highest BCUT2D eigenvalue weighted by Crippen LogP contribution is 2.36. The van der Waals surface area contributed by atoms with E-state index in [4.69, 9.17) is 21.1 Å². The van der Waals surface area contributed by atoms with E-state index in [1.54, 1.807) is 0 Å². The molecule has 0 saturated heterocycles. The molecule has 0 amide bonds. The topological polar surface area (TPSA) is 176 Å². The van der Waals surface area contributed by atoms with Crippen molar-refractivity contribution in [3.8, 4) is 23.3 Å². The number of pyridine rings is 4. The fraction of sp³-hybridized carbons (Fsp3) is 0.188. The lowest BCUT2D eigenvalue weighted by Gasteiger charge is -2.13. The molecule has 312 valence electrons. The van der Waals surface area contributed by atoms with Gasteiger partial charge in [0, 0.05) is 17.7 Å². The van der Waals surface area contributed by atoms with Gasteiger partial charge in [0.05, 0.1) is 23.8 Å². The lowest BCUT2D eigenvalue weighted by molar-refractivity contribution is -0.142. The van der Waals surface area contributed by atoms with E-state index >= 15 is 0 Å². The molecule has 6 rings (SSSR count). The van der Waals surface area contributed by atoms with E-state index in [1.807, 2.05) is 0 Å². The van der Waals surface area contributed by atoms with Crippen LogP contribution in [0.5, 0.6) is 23.3 Å². The van der Waals surface area contributed by atoms with Gasteiger partial charge < -0.3 is 9.47 Å². The fourth-order valence-corrected chi connectivity index (χ4v) is 4.27. The largest absolute Gasteiger partial charge is 0.437 e. The number of hydrogen-bond donors (Lipinski definition) is 1. The van der Waals surface area contributed by atoms with Gasteiger partial charge in [0.15, 0.2) is 23.0 Å². The normalized spacial score (nSPS) is 11.7. The summed E-state index contributed by atoms with van der Waals surface area (Å²) in [5.74, 6) is -4.24. The number of ether oxygens (including phenoxy) is 2. The quantitative estimate of drug-likeness (QED) is 0.0837. The maximum absolute atomic E-state index is 13.3. The van der Waals surface area contributed by atoms with E-state index in [1.165, 1.54) is 12.7 Å². The zero-order valence-electron chi connectivity index (χ0n) is 28.6. The number of aromatic amines is 1. The van der Waals surface area contributed by atoms with Crippen LogP contribution in [0.4, 0.5) is 52.7 Å². The maximum Gasteiger partial charge on any atom is 0.434 e. The van der Waals surface area contributed by atoms with Gasteiger partial charge in [-0.15, -0.1) is 11.6 Å². The third-order valence-electron chi connectivity index (χ3n) is 6.60. The van der Waals surface area contributed by atoms with Crippen LogP contribution in [0.25, 0.3) is 0 Å². The van der Waals surface area contributed by atoms with Gasteiger partial charge in [-0.05, 0) is 36.4 Å². The van der Waals surface area contributed by atoms with E-state index in [-0.39, 0.29) is 11.5 Å². The summed E-state index contributed by atoms with van der Waals surface area (Å²) >= 11 is 5.25. The van der Waals surface area contributed by atoms with Gasteiger partial charge in [0.25, 0.3) is 0 Å². The Morgan fingerprint density at radius 3 is 1.44 bits per heavy atom. The number of carbonyl (C=O) groups is 2. The van der Waals surface area contributed by atoms with Crippen LogP contribution in [0.1, 0.15) is 43.5 Å². The number of carbonyl (C=O) groups excluding carboxylic acids is 2. The van der Waals surface area contributed by atoms with Crippen molar-refractivity contribution in [2.24, 2.45) is 0 Å². The second-order valence-corrected chi connectivity index (χ2v) is 11.0. The predicted molar refractivity (Wildman–Crippen MR) is 173 cm³/mol. The predicted octanol–water partition coefficient (Wildman–Crippen LogP) is 8.31. The van der Waals surface area contributed by atoms with E-state index in [9.17, 15) is 62.3 Å². The Morgan fingerprint density at radius 1 is 0.627 bits per heavy atom. The van der Waals surface area contributed by atoms with Gasteiger partial charge in [-0.3, -0.25) is 14.7 Å². The van der Waals surface area contributed by atoms with Gasteiger partial charge in [0.2, 0.25) is 11.8 Å². The number of H-pyrrole nitrogens is 1. The SMILES string of the molecule is O=C(CCl)c1ccc(Oc2ccc(C(F)(F)F)nc2)nc1C(F)(F)F.O=C(Cn1cncn1)c1ccc(Oc2ccc(C(F)(F)F)nc2)nc1C(F)(F)F.c1nc[nH]n1. The molecule has 27 heteroatoms. The molecule has 14 nitrogen and oxygen atoms in total. The Labute approximate surface area is 325 Å². The molecule has 6 aromatic heterocycles. The first-order valence-electron chi connectivity index (χ1n) is 15.4. The Kier molecular flexibility index (Phi) is 14.2. The zero-order valence-corrected chi connectivity index (χ0v) is 29.3. The second kappa shape index (κ2) is 18.7. The molecule has 0 saturated carbocycles. The first-order chi connectivity index (χ1) is 27.6. The van der Waals surface area contributed by atoms with Crippen molar-refractivity contribution in [3.05, 3.63) is 120 Å². The lowest BCUT2D eigenvalue weighted by atomic mass is 10.1. The summed E-state index contributed by atoms with van der Waals surface area (Å²) in [7, 11) is 0. The number of Topliss-reactive ketones (excluding diaryl/α,β-unsaturated/α-hetero) is 2. The molecule has 0 aromatic carbocycles. The highest BCUT2D eigenvalue weighted by atomic mass is 35.5. The third-order valence-corrected chi connectivity index (χ3v) is 6.84. The van der Waals surface area contributed by atoms with Crippen LogP contribution in [-0.2, 0) is 31.2 Å². The standard InChI is InChI=1S/C16H9F6N5O2.C14H7ClF6N2O2.C2H3N3/c17-15(18,19)12-3-1-9(5-24-12)29-13-4-2-10(14(26-13)16(20,21)22)11(28)6-27-8-23-7-25-27;15-5-9(24)8-2-4-11(23-12(8)14(19,20)21)25-7-1-3-10(22-6-7)13(16,17)18;1-3-2-5-4-1/h1-5,7-8H,6H2;1-4,6H,5H2;1-2H,(H,3,4,5). The number of nitrogens with one attached hydrogen (secondary N) is 1. The van der Waals surface area contributed by atoms with Crippen molar-refractivity contribution in [3.63, 3.8) is 0 Å². The minimum absolute atomic E-state index is 0.259. The van der Waals surface area contributed by atoms with E-state index < -0.39 is 94.4 Å². The summed E-state index contributed by atoms with van der Waals surface area (Å²) in [6.07, 6.45) is -12.6. The van der Waals surface area contributed by atoms with Gasteiger partial charge in [-0.1, -0.05) is 0 Å². The van der Waals surface area contributed by atoms with Gasteiger partial charge >= 0.3 is 24.7 Å². The van der Waals surface area contributed by atoms with Gasteiger partial charge in [-0.25, -0.2) is 34.6 Å². The average molecular weight is 871 g/mol. The van der Waals surface area contributed by atoms with E-state index in [0.717, 1.165) is 53.7 Å². The molecule has 0 aliphatic rings. The second-order valence-electron chi connectivity index (χ2n) is 10.8. The summed E-state index contributed by atoms with van der Waals surface area (Å²) in [6, 6.07) is 6.61. The number of ketones is 2. The van der Waals surface area contributed by atoms with Crippen molar-refractivity contribution in [1.82, 2.24) is 49.9 Å². The number of hydrogen-bond acceptors (Lipinski definition) is 12. The Morgan fingerprint density at radius 2 is 1.12 bits per heavy atom. The van der Waals surface area contributed by atoms with Crippen LogP contribution in [0.3, 0.4) is 0 Å². The highest BCUT2D eigenvalue weighted by Gasteiger charge is 2.39. The average Bonchev–Trinajstić information content (AvgIpc) is 3.92. The third kappa shape index (κ3) is 13.2. The Bertz CT molecular complexity index is 2270. The maximum atomic E-state index is 13.3. The summed E-state index contributed by atoms with van der Waals surface area (Å²) in [6.45, 7) is -0.492. The van der Waals surface area contributed by atoms with E-state index in [0.29, 0.717) is 24.5 Å². The molecule has 0 aliphatic heterocycles. The molecule has 0 unspecified atom stereocenters. The number of aromatic nitrogens is 10. The molecule has 6 heterocycles. The van der Waals surface area contributed by atoms with Gasteiger partial charge in [0.1, 0.15) is 54.7 Å².